The average molecular weight is 777 g/mol. The van der Waals surface area contributed by atoms with Crippen LogP contribution in [0.25, 0.3) is 116 Å². The van der Waals surface area contributed by atoms with E-state index >= 15 is 0 Å². The van der Waals surface area contributed by atoms with Gasteiger partial charge in [0.05, 0.1) is 11.0 Å². The van der Waals surface area contributed by atoms with Crippen molar-refractivity contribution in [1.29, 1.82) is 0 Å². The summed E-state index contributed by atoms with van der Waals surface area (Å²) in [7, 11) is 0. The Morgan fingerprint density at radius 3 is 1.48 bits per heavy atom. The van der Waals surface area contributed by atoms with Crippen molar-refractivity contribution in [3.8, 4) is 62.1 Å². The largest absolute Gasteiger partial charge is 0.309 e. The number of para-hydroxylation sites is 2. The fourth-order valence-corrected chi connectivity index (χ4v) is 9.07. The first kappa shape index (κ1) is 34.8. The zero-order valence-electron chi connectivity index (χ0n) is 33.1. The number of aromatic nitrogens is 4. The van der Waals surface area contributed by atoms with Crippen LogP contribution >= 0.6 is 0 Å². The van der Waals surface area contributed by atoms with Crippen molar-refractivity contribution in [3.63, 3.8) is 0 Å². The van der Waals surface area contributed by atoms with E-state index in [1.165, 1.54) is 43.5 Å². The summed E-state index contributed by atoms with van der Waals surface area (Å²) in [4.78, 5) is 15.8. The molecule has 0 aliphatic rings. The van der Waals surface area contributed by atoms with Gasteiger partial charge < -0.3 is 4.57 Å². The molecular formula is C57H36N4. The van der Waals surface area contributed by atoms with Gasteiger partial charge in [-0.1, -0.05) is 188 Å². The van der Waals surface area contributed by atoms with E-state index in [2.05, 4.69) is 217 Å². The van der Waals surface area contributed by atoms with Gasteiger partial charge in [-0.05, 0) is 84.9 Å². The standard InChI is InChI=1S/C57H36N4/c1-3-13-37(14-4-1)38-23-27-41(28-24-38)55-58-56(60-57(59-55)54-47-20-10-8-16-44(47)35-51-46-19-9-7-15-40(46)31-34-50(51)54)42-29-25-39(26-30-42)43-32-33-49-48-21-11-12-22-52(48)61(53(49)36-43)45-17-5-2-6-18-45/h1-36H. The summed E-state index contributed by atoms with van der Waals surface area (Å²) >= 11 is 0. The van der Waals surface area contributed by atoms with E-state index in [4.69, 9.17) is 15.0 Å². The second-order valence-electron chi connectivity index (χ2n) is 15.6. The van der Waals surface area contributed by atoms with E-state index in [1.54, 1.807) is 0 Å². The third-order valence-corrected chi connectivity index (χ3v) is 12.0. The van der Waals surface area contributed by atoms with Crippen LogP contribution in [0.5, 0.6) is 0 Å². The maximum Gasteiger partial charge on any atom is 0.165 e. The van der Waals surface area contributed by atoms with Gasteiger partial charge in [0.1, 0.15) is 0 Å². The Kier molecular flexibility index (Phi) is 8.13. The van der Waals surface area contributed by atoms with Gasteiger partial charge >= 0.3 is 0 Å². The molecule has 0 saturated heterocycles. The minimum atomic E-state index is 0.625. The Hall–Kier alpha value is -8.21. The van der Waals surface area contributed by atoms with Crippen LogP contribution in [-0.2, 0) is 0 Å². The van der Waals surface area contributed by atoms with Crippen LogP contribution < -0.4 is 0 Å². The predicted molar refractivity (Wildman–Crippen MR) is 254 cm³/mol. The lowest BCUT2D eigenvalue weighted by Gasteiger charge is -2.15. The van der Waals surface area contributed by atoms with Crippen molar-refractivity contribution in [2.75, 3.05) is 0 Å². The molecule has 0 unspecified atom stereocenters. The van der Waals surface area contributed by atoms with Crippen molar-refractivity contribution in [3.05, 3.63) is 218 Å². The zero-order valence-corrected chi connectivity index (χ0v) is 33.1. The molecule has 2 heterocycles. The highest BCUT2D eigenvalue weighted by atomic mass is 15.0. The predicted octanol–water partition coefficient (Wildman–Crippen LogP) is 14.8. The fourth-order valence-electron chi connectivity index (χ4n) is 9.07. The first-order chi connectivity index (χ1) is 30.2. The maximum absolute atomic E-state index is 5.33. The molecule has 2 aromatic heterocycles. The molecule has 0 aliphatic carbocycles. The second kappa shape index (κ2) is 14.3. The van der Waals surface area contributed by atoms with Crippen molar-refractivity contribution < 1.29 is 0 Å². The van der Waals surface area contributed by atoms with Crippen LogP contribution in [0.1, 0.15) is 0 Å². The molecule has 12 aromatic rings. The maximum atomic E-state index is 5.33. The highest BCUT2D eigenvalue weighted by Gasteiger charge is 2.19. The van der Waals surface area contributed by atoms with E-state index < -0.39 is 0 Å². The summed E-state index contributed by atoms with van der Waals surface area (Å²) in [6.45, 7) is 0. The van der Waals surface area contributed by atoms with Gasteiger partial charge in [0, 0.05) is 33.2 Å². The molecule has 0 spiro atoms. The lowest BCUT2D eigenvalue weighted by molar-refractivity contribution is 1.08. The molecule has 61 heavy (non-hydrogen) atoms. The first-order valence-electron chi connectivity index (χ1n) is 20.7. The average Bonchev–Trinajstić information content (AvgIpc) is 3.67. The summed E-state index contributed by atoms with van der Waals surface area (Å²) in [5, 5.41) is 9.41. The van der Waals surface area contributed by atoms with E-state index in [-0.39, 0.29) is 0 Å². The van der Waals surface area contributed by atoms with Crippen molar-refractivity contribution >= 4 is 54.1 Å². The number of benzene rings is 10. The van der Waals surface area contributed by atoms with E-state index in [0.29, 0.717) is 17.5 Å². The second-order valence-corrected chi connectivity index (χ2v) is 15.6. The van der Waals surface area contributed by atoms with E-state index in [9.17, 15) is 0 Å². The van der Waals surface area contributed by atoms with Crippen molar-refractivity contribution in [2.45, 2.75) is 0 Å². The Bertz CT molecular complexity index is 3610. The SMILES string of the molecule is c1ccc(-c2ccc(-c3nc(-c4ccc(-c5ccc6c7ccccc7n(-c7ccccc7)c6c5)cc4)nc(-c4c5ccccc5cc5c4ccc4ccccc45)n3)cc2)cc1. The molecule has 0 aliphatic heterocycles. The van der Waals surface area contributed by atoms with E-state index in [1.807, 2.05) is 6.07 Å². The molecule has 10 aromatic carbocycles. The third-order valence-electron chi connectivity index (χ3n) is 12.0. The summed E-state index contributed by atoms with van der Waals surface area (Å²) in [5.41, 5.74) is 10.9. The van der Waals surface area contributed by atoms with Gasteiger partial charge in [0.15, 0.2) is 17.5 Å². The molecular weight excluding hydrogens is 741 g/mol. The summed E-state index contributed by atoms with van der Waals surface area (Å²) < 4.78 is 2.36. The highest BCUT2D eigenvalue weighted by Crippen LogP contribution is 2.40. The monoisotopic (exact) mass is 776 g/mol. The molecule has 0 bridgehead atoms. The lowest BCUT2D eigenvalue weighted by atomic mass is 9.93. The van der Waals surface area contributed by atoms with Crippen LogP contribution in [0.3, 0.4) is 0 Å². The van der Waals surface area contributed by atoms with Crippen LogP contribution in [0.4, 0.5) is 0 Å². The van der Waals surface area contributed by atoms with Crippen LogP contribution in [0, 0.1) is 0 Å². The van der Waals surface area contributed by atoms with E-state index in [0.717, 1.165) is 55.2 Å². The number of hydrogen-bond donors (Lipinski definition) is 0. The lowest BCUT2D eigenvalue weighted by Crippen LogP contribution is -2.01. The molecule has 0 fully saturated rings. The Morgan fingerprint density at radius 1 is 0.262 bits per heavy atom. The van der Waals surface area contributed by atoms with Gasteiger partial charge in [-0.15, -0.1) is 0 Å². The molecule has 0 atom stereocenters. The fraction of sp³-hybridized carbons (Fsp3) is 0. The van der Waals surface area contributed by atoms with Gasteiger partial charge in [-0.2, -0.15) is 0 Å². The zero-order chi connectivity index (χ0) is 40.3. The van der Waals surface area contributed by atoms with Gasteiger partial charge in [0.25, 0.3) is 0 Å². The number of fused-ring (bicyclic) bond motifs is 7. The van der Waals surface area contributed by atoms with Crippen molar-refractivity contribution in [1.82, 2.24) is 19.5 Å². The summed E-state index contributed by atoms with van der Waals surface area (Å²) in [5.74, 6) is 1.90. The molecule has 0 saturated carbocycles. The first-order valence-corrected chi connectivity index (χ1v) is 20.7. The molecule has 0 radical (unpaired) electrons. The van der Waals surface area contributed by atoms with Gasteiger partial charge in [-0.3, -0.25) is 0 Å². The smallest absolute Gasteiger partial charge is 0.165 e. The van der Waals surface area contributed by atoms with Crippen LogP contribution in [0.2, 0.25) is 0 Å². The van der Waals surface area contributed by atoms with Crippen LogP contribution in [-0.4, -0.2) is 19.5 Å². The quantitative estimate of drug-likeness (QED) is 0.125. The topological polar surface area (TPSA) is 43.6 Å². The van der Waals surface area contributed by atoms with Crippen LogP contribution in [0.15, 0.2) is 218 Å². The molecule has 0 N–H and O–H groups in total. The van der Waals surface area contributed by atoms with Crippen molar-refractivity contribution in [2.24, 2.45) is 0 Å². The Labute approximate surface area is 352 Å². The minimum absolute atomic E-state index is 0.625. The van der Waals surface area contributed by atoms with Gasteiger partial charge in [0.2, 0.25) is 0 Å². The normalized spacial score (nSPS) is 11.6. The Balaban J connectivity index is 1.02. The molecule has 4 nitrogen and oxygen atoms in total. The number of hydrogen-bond acceptors (Lipinski definition) is 3. The summed E-state index contributed by atoms with van der Waals surface area (Å²) in [6.07, 6.45) is 0. The molecule has 0 amide bonds. The minimum Gasteiger partial charge on any atom is -0.309 e. The molecule has 4 heteroatoms. The third kappa shape index (κ3) is 5.96. The summed E-state index contributed by atoms with van der Waals surface area (Å²) in [6, 6.07) is 77.6. The van der Waals surface area contributed by atoms with Gasteiger partial charge in [-0.25, -0.2) is 15.0 Å². The highest BCUT2D eigenvalue weighted by molar-refractivity contribution is 6.19. The number of rotatable bonds is 6. The molecule has 12 rings (SSSR count). The Morgan fingerprint density at radius 2 is 0.754 bits per heavy atom. The molecule has 284 valence electrons. The number of nitrogens with zero attached hydrogens (tertiary/aromatic N) is 4.